The molecule has 0 bridgehead atoms. The third-order valence-electron chi connectivity index (χ3n) is 8.89. The minimum absolute atomic E-state index is 0.0132. The van der Waals surface area contributed by atoms with Gasteiger partial charge in [0.2, 0.25) is 11.8 Å². The Balaban J connectivity index is 1.58. The van der Waals surface area contributed by atoms with Crippen LogP contribution in [0, 0.1) is 13.8 Å². The fraction of sp³-hybridized carbons (Fsp3) is 0.316. The van der Waals surface area contributed by atoms with Crippen LogP contribution in [0.4, 0.5) is 5.69 Å². The molecule has 1 aliphatic rings. The molecule has 0 aromatic heterocycles. The molecule has 0 heterocycles. The maximum absolute atomic E-state index is 14.7. The number of amides is 2. The van der Waals surface area contributed by atoms with Gasteiger partial charge in [0.15, 0.2) is 0 Å². The Morgan fingerprint density at radius 3 is 2.09 bits per heavy atom. The average Bonchev–Trinajstić information content (AvgIpc) is 3.07. The molecule has 1 saturated carbocycles. The van der Waals surface area contributed by atoms with Crippen LogP contribution in [-0.2, 0) is 32.6 Å². The molecule has 47 heavy (non-hydrogen) atoms. The Morgan fingerprint density at radius 2 is 1.43 bits per heavy atom. The summed E-state index contributed by atoms with van der Waals surface area (Å²) in [6.07, 6.45) is 5.33. The zero-order valence-corrected chi connectivity index (χ0v) is 28.5. The monoisotopic (exact) mass is 671 g/mol. The molecule has 0 spiro atoms. The molecule has 7 nitrogen and oxygen atoms in total. The second-order valence-corrected chi connectivity index (χ2v) is 14.5. The largest absolute Gasteiger partial charge is 0.352 e. The van der Waals surface area contributed by atoms with Crippen LogP contribution in [0.15, 0.2) is 108 Å². The fourth-order valence-electron chi connectivity index (χ4n) is 6.16. The number of nitrogens with zero attached hydrogens (tertiary/aromatic N) is 2. The number of anilines is 1. The van der Waals surface area contributed by atoms with Gasteiger partial charge in [-0.25, -0.2) is 8.42 Å². The summed E-state index contributed by atoms with van der Waals surface area (Å²) in [7, 11) is -4.20. The number of benzene rings is 4. The summed E-state index contributed by atoms with van der Waals surface area (Å²) < 4.78 is 29.7. The summed E-state index contributed by atoms with van der Waals surface area (Å²) in [5.74, 6) is -0.709. The van der Waals surface area contributed by atoms with E-state index in [0.29, 0.717) is 16.3 Å². The predicted molar refractivity (Wildman–Crippen MR) is 188 cm³/mol. The number of carbonyl (C=O) groups excluding carboxylic acids is 2. The fourth-order valence-corrected chi connectivity index (χ4v) is 7.76. The van der Waals surface area contributed by atoms with E-state index in [9.17, 15) is 18.0 Å². The zero-order chi connectivity index (χ0) is 33.4. The van der Waals surface area contributed by atoms with Gasteiger partial charge in [-0.15, -0.1) is 0 Å². The van der Waals surface area contributed by atoms with Gasteiger partial charge in [0.1, 0.15) is 12.6 Å². The summed E-state index contributed by atoms with van der Waals surface area (Å²) in [6, 6.07) is 29.5. The van der Waals surface area contributed by atoms with Crippen LogP contribution in [0.3, 0.4) is 0 Å². The van der Waals surface area contributed by atoms with Gasteiger partial charge >= 0.3 is 0 Å². The van der Waals surface area contributed by atoms with Gasteiger partial charge in [0.05, 0.1) is 10.6 Å². The molecule has 1 fully saturated rings. The SMILES string of the molecule is Cc1ccccc1CN(C(=O)CN(c1ccccc1C)S(=O)(=O)c1ccc(Cl)cc1)[C@@H](Cc1ccccc1)C(=O)NC1CCCCC1. The van der Waals surface area contributed by atoms with E-state index < -0.39 is 28.5 Å². The number of rotatable bonds is 12. The van der Waals surface area contributed by atoms with Gasteiger partial charge in [0.25, 0.3) is 10.0 Å². The lowest BCUT2D eigenvalue weighted by Crippen LogP contribution is -2.55. The van der Waals surface area contributed by atoms with Crippen LogP contribution in [0.25, 0.3) is 0 Å². The molecule has 5 rings (SSSR count). The van der Waals surface area contributed by atoms with Crippen molar-refractivity contribution in [2.45, 2.75) is 75.9 Å². The van der Waals surface area contributed by atoms with Crippen LogP contribution in [0.5, 0.6) is 0 Å². The van der Waals surface area contributed by atoms with E-state index in [1.807, 2.05) is 80.6 Å². The van der Waals surface area contributed by atoms with Crippen molar-refractivity contribution in [1.29, 1.82) is 0 Å². The highest BCUT2D eigenvalue weighted by Gasteiger charge is 2.36. The van der Waals surface area contributed by atoms with E-state index in [1.54, 1.807) is 17.0 Å². The number of nitrogens with one attached hydrogen (secondary N) is 1. The summed E-state index contributed by atoms with van der Waals surface area (Å²) in [5, 5.41) is 3.66. The number of aryl methyl sites for hydroxylation is 2. The molecule has 0 radical (unpaired) electrons. The van der Waals surface area contributed by atoms with Crippen molar-refractivity contribution in [2.75, 3.05) is 10.8 Å². The second kappa shape index (κ2) is 15.6. The topological polar surface area (TPSA) is 86.8 Å². The maximum Gasteiger partial charge on any atom is 0.264 e. The van der Waals surface area contributed by atoms with Crippen molar-refractivity contribution >= 4 is 39.1 Å². The molecule has 246 valence electrons. The van der Waals surface area contributed by atoms with E-state index >= 15 is 0 Å². The smallest absolute Gasteiger partial charge is 0.264 e. The van der Waals surface area contributed by atoms with Gasteiger partial charge < -0.3 is 10.2 Å². The molecule has 2 amide bonds. The van der Waals surface area contributed by atoms with Gasteiger partial charge in [-0.3, -0.25) is 13.9 Å². The summed E-state index contributed by atoms with van der Waals surface area (Å²) in [4.78, 5) is 30.6. The van der Waals surface area contributed by atoms with Gasteiger partial charge in [-0.05, 0) is 79.3 Å². The first-order valence-electron chi connectivity index (χ1n) is 16.2. The minimum Gasteiger partial charge on any atom is -0.352 e. The molecule has 9 heteroatoms. The molecule has 1 atom stereocenters. The van der Waals surface area contributed by atoms with E-state index in [1.165, 1.54) is 24.3 Å². The lowest BCUT2D eigenvalue weighted by atomic mass is 9.94. The summed E-state index contributed by atoms with van der Waals surface area (Å²) >= 11 is 6.09. The molecule has 0 aliphatic heterocycles. The van der Waals surface area contributed by atoms with Gasteiger partial charge in [0, 0.05) is 24.0 Å². The molecule has 1 aliphatic carbocycles. The van der Waals surface area contributed by atoms with Crippen LogP contribution >= 0.6 is 11.6 Å². The van der Waals surface area contributed by atoms with Crippen LogP contribution in [0.1, 0.15) is 54.4 Å². The van der Waals surface area contributed by atoms with Crippen molar-refractivity contribution in [3.63, 3.8) is 0 Å². The highest BCUT2D eigenvalue weighted by atomic mass is 35.5. The van der Waals surface area contributed by atoms with Gasteiger partial charge in [-0.1, -0.05) is 104 Å². The quantitative estimate of drug-likeness (QED) is 0.172. The first-order valence-corrected chi connectivity index (χ1v) is 18.0. The maximum atomic E-state index is 14.7. The highest BCUT2D eigenvalue weighted by Crippen LogP contribution is 2.29. The second-order valence-electron chi connectivity index (χ2n) is 12.2. The molecule has 0 unspecified atom stereocenters. The number of hydrogen-bond acceptors (Lipinski definition) is 4. The van der Waals surface area contributed by atoms with E-state index in [-0.39, 0.29) is 29.8 Å². The highest BCUT2D eigenvalue weighted by molar-refractivity contribution is 7.92. The van der Waals surface area contributed by atoms with Crippen molar-refractivity contribution in [2.24, 2.45) is 0 Å². The number of halogens is 1. The Kier molecular flexibility index (Phi) is 11.4. The lowest BCUT2D eigenvalue weighted by molar-refractivity contribution is -0.140. The number of carbonyl (C=O) groups is 2. The Labute approximate surface area is 283 Å². The van der Waals surface area contributed by atoms with Crippen LogP contribution < -0.4 is 9.62 Å². The number of para-hydroxylation sites is 1. The molecule has 0 saturated heterocycles. The minimum atomic E-state index is -4.20. The van der Waals surface area contributed by atoms with Gasteiger partial charge in [-0.2, -0.15) is 0 Å². The molecular formula is C38H42ClN3O4S. The van der Waals surface area contributed by atoms with Crippen LogP contribution in [-0.4, -0.2) is 43.8 Å². The molecule has 4 aromatic rings. The van der Waals surface area contributed by atoms with Crippen molar-refractivity contribution in [3.05, 3.63) is 130 Å². The number of sulfonamides is 1. The Hall–Kier alpha value is -4.14. The van der Waals surface area contributed by atoms with Crippen LogP contribution in [0.2, 0.25) is 5.02 Å². The predicted octanol–water partition coefficient (Wildman–Crippen LogP) is 7.24. The van der Waals surface area contributed by atoms with E-state index in [0.717, 1.165) is 53.1 Å². The van der Waals surface area contributed by atoms with E-state index in [2.05, 4.69) is 5.32 Å². The first kappa shape index (κ1) is 34.2. The van der Waals surface area contributed by atoms with Crippen molar-refractivity contribution in [3.8, 4) is 0 Å². The molecule has 4 aromatic carbocycles. The molecular weight excluding hydrogens is 630 g/mol. The first-order chi connectivity index (χ1) is 22.6. The van der Waals surface area contributed by atoms with Crippen molar-refractivity contribution in [1.82, 2.24) is 10.2 Å². The van der Waals surface area contributed by atoms with E-state index in [4.69, 9.17) is 11.6 Å². The normalized spacial score (nSPS) is 14.3. The lowest BCUT2D eigenvalue weighted by Gasteiger charge is -2.35. The average molecular weight is 672 g/mol. The Morgan fingerprint density at radius 1 is 0.809 bits per heavy atom. The number of hydrogen-bond donors (Lipinski definition) is 1. The molecule has 1 N–H and O–H groups in total. The Bertz CT molecular complexity index is 1770. The van der Waals surface area contributed by atoms with Crippen molar-refractivity contribution < 1.29 is 18.0 Å². The third kappa shape index (κ3) is 8.62. The zero-order valence-electron chi connectivity index (χ0n) is 26.9. The standard InChI is InChI=1S/C38H42ClN3O4S/c1-28-13-9-11-17-31(28)26-41(36(25-30-15-5-3-6-16-30)38(44)40-33-18-7-4-8-19-33)37(43)27-42(35-20-12-10-14-29(35)2)47(45,46)34-23-21-32(39)22-24-34/h3,5-6,9-17,20-24,33,36H,4,7-8,18-19,25-27H2,1-2H3,(H,40,44)/t36-/m0/s1. The third-order valence-corrected chi connectivity index (χ3v) is 10.9. The summed E-state index contributed by atoms with van der Waals surface area (Å²) in [6.45, 7) is 3.43. The summed E-state index contributed by atoms with van der Waals surface area (Å²) in [5.41, 5.74) is 3.84.